The highest BCUT2D eigenvalue weighted by Gasteiger charge is 2.28. The van der Waals surface area contributed by atoms with Gasteiger partial charge in [-0.05, 0) is 0 Å². The molecule has 62 valence electrons. The van der Waals surface area contributed by atoms with Gasteiger partial charge in [-0.3, -0.25) is 5.73 Å². The van der Waals surface area contributed by atoms with Crippen molar-refractivity contribution < 1.29 is 15.0 Å². The molecule has 0 spiro atoms. The summed E-state index contributed by atoms with van der Waals surface area (Å²) in [7, 11) is 0. The molecular formula is C7H11NO3. The smallest absolute Gasteiger partial charge is 0.335 e. The molecule has 0 aromatic heterocycles. The SMILES string of the molecule is C=CCC(N)(O)C(=C)C(=O)O. The summed E-state index contributed by atoms with van der Waals surface area (Å²) in [6, 6.07) is 0. The molecule has 0 radical (unpaired) electrons. The van der Waals surface area contributed by atoms with Gasteiger partial charge in [-0.1, -0.05) is 12.7 Å². The van der Waals surface area contributed by atoms with Gasteiger partial charge in [-0.15, -0.1) is 6.58 Å². The van der Waals surface area contributed by atoms with Gasteiger partial charge in [0.1, 0.15) is 5.72 Å². The number of carbonyl (C=O) groups is 1. The van der Waals surface area contributed by atoms with E-state index in [2.05, 4.69) is 13.2 Å². The number of aliphatic hydroxyl groups is 1. The summed E-state index contributed by atoms with van der Waals surface area (Å²) in [5.74, 6) is -1.31. The molecule has 0 aromatic carbocycles. The second kappa shape index (κ2) is 3.32. The number of carboxylic acids is 1. The van der Waals surface area contributed by atoms with Crippen LogP contribution >= 0.6 is 0 Å². The zero-order chi connectivity index (χ0) is 9.07. The number of nitrogens with two attached hydrogens (primary N) is 1. The van der Waals surface area contributed by atoms with Crippen molar-refractivity contribution in [2.75, 3.05) is 0 Å². The van der Waals surface area contributed by atoms with Gasteiger partial charge in [0.2, 0.25) is 0 Å². The molecule has 0 aliphatic heterocycles. The molecule has 4 heteroatoms. The van der Waals surface area contributed by atoms with Crippen molar-refractivity contribution in [2.24, 2.45) is 5.73 Å². The monoisotopic (exact) mass is 157 g/mol. The average molecular weight is 157 g/mol. The van der Waals surface area contributed by atoms with Crippen molar-refractivity contribution in [3.63, 3.8) is 0 Å². The maximum absolute atomic E-state index is 10.2. The molecular weight excluding hydrogens is 146 g/mol. The highest BCUT2D eigenvalue weighted by molar-refractivity contribution is 5.87. The quantitative estimate of drug-likeness (QED) is 0.301. The fourth-order valence-electron chi connectivity index (χ4n) is 0.528. The van der Waals surface area contributed by atoms with Crippen LogP contribution in [0.15, 0.2) is 24.8 Å². The maximum Gasteiger partial charge on any atom is 0.335 e. The molecule has 0 rings (SSSR count). The van der Waals surface area contributed by atoms with E-state index in [4.69, 9.17) is 10.8 Å². The lowest BCUT2D eigenvalue weighted by Crippen LogP contribution is -2.43. The summed E-state index contributed by atoms with van der Waals surface area (Å²) < 4.78 is 0. The van der Waals surface area contributed by atoms with Crippen molar-refractivity contribution in [3.05, 3.63) is 24.8 Å². The van der Waals surface area contributed by atoms with E-state index in [0.29, 0.717) is 0 Å². The van der Waals surface area contributed by atoms with E-state index in [1.165, 1.54) is 6.08 Å². The van der Waals surface area contributed by atoms with Crippen LogP contribution in [-0.4, -0.2) is 21.9 Å². The normalized spacial score (nSPS) is 15.1. The summed E-state index contributed by atoms with van der Waals surface area (Å²) in [4.78, 5) is 10.2. The van der Waals surface area contributed by atoms with E-state index in [0.717, 1.165) is 0 Å². The average Bonchev–Trinajstić information content (AvgIpc) is 1.86. The third kappa shape index (κ3) is 2.53. The van der Waals surface area contributed by atoms with Crippen LogP contribution in [0.3, 0.4) is 0 Å². The Morgan fingerprint density at radius 3 is 2.45 bits per heavy atom. The highest BCUT2D eigenvalue weighted by atomic mass is 16.4. The molecule has 0 saturated heterocycles. The summed E-state index contributed by atoms with van der Waals surface area (Å²) in [6.45, 7) is 6.44. The second-order valence-corrected chi connectivity index (χ2v) is 2.20. The van der Waals surface area contributed by atoms with Crippen LogP contribution in [0.2, 0.25) is 0 Å². The highest BCUT2D eigenvalue weighted by Crippen LogP contribution is 2.13. The molecule has 1 unspecified atom stereocenters. The Morgan fingerprint density at radius 1 is 1.73 bits per heavy atom. The third-order valence-corrected chi connectivity index (χ3v) is 1.24. The van der Waals surface area contributed by atoms with Crippen LogP contribution in [0, 0.1) is 0 Å². The first-order valence-electron chi connectivity index (χ1n) is 2.96. The summed E-state index contributed by atoms with van der Waals surface area (Å²) in [5, 5.41) is 17.5. The molecule has 4 nitrogen and oxygen atoms in total. The van der Waals surface area contributed by atoms with Crippen LogP contribution < -0.4 is 5.73 Å². The zero-order valence-electron chi connectivity index (χ0n) is 6.08. The number of hydrogen-bond acceptors (Lipinski definition) is 3. The minimum absolute atomic E-state index is 0.0296. The molecule has 0 aliphatic carbocycles. The van der Waals surface area contributed by atoms with Gasteiger partial charge in [0.15, 0.2) is 0 Å². The van der Waals surface area contributed by atoms with Gasteiger partial charge < -0.3 is 10.2 Å². The van der Waals surface area contributed by atoms with Crippen molar-refractivity contribution in [1.82, 2.24) is 0 Å². The van der Waals surface area contributed by atoms with E-state index in [9.17, 15) is 9.90 Å². The molecule has 4 N–H and O–H groups in total. The Balaban J connectivity index is 4.41. The van der Waals surface area contributed by atoms with E-state index in [1.54, 1.807) is 0 Å². The molecule has 0 aromatic rings. The minimum atomic E-state index is -1.88. The molecule has 1 atom stereocenters. The lowest BCUT2D eigenvalue weighted by Gasteiger charge is -2.20. The molecule has 11 heavy (non-hydrogen) atoms. The van der Waals surface area contributed by atoms with E-state index in [-0.39, 0.29) is 6.42 Å². The number of hydrogen-bond donors (Lipinski definition) is 3. The number of carboxylic acid groups (broad SMARTS) is 1. The topological polar surface area (TPSA) is 83.5 Å². The van der Waals surface area contributed by atoms with Crippen molar-refractivity contribution >= 4 is 5.97 Å². The third-order valence-electron chi connectivity index (χ3n) is 1.24. The van der Waals surface area contributed by atoms with Crippen LogP contribution in [0.5, 0.6) is 0 Å². The first kappa shape index (κ1) is 9.87. The van der Waals surface area contributed by atoms with Gasteiger partial charge in [-0.25, -0.2) is 4.79 Å². The lowest BCUT2D eigenvalue weighted by molar-refractivity contribution is -0.135. The van der Waals surface area contributed by atoms with Crippen LogP contribution in [0.25, 0.3) is 0 Å². The fourth-order valence-corrected chi connectivity index (χ4v) is 0.528. The van der Waals surface area contributed by atoms with Gasteiger partial charge in [0.25, 0.3) is 0 Å². The Hall–Kier alpha value is -1.13. The van der Waals surface area contributed by atoms with Crippen molar-refractivity contribution in [2.45, 2.75) is 12.1 Å². The molecule has 0 amide bonds. The van der Waals surface area contributed by atoms with E-state index >= 15 is 0 Å². The van der Waals surface area contributed by atoms with Gasteiger partial charge in [0, 0.05) is 6.42 Å². The van der Waals surface area contributed by atoms with Gasteiger partial charge in [-0.2, -0.15) is 0 Å². The van der Waals surface area contributed by atoms with E-state index in [1.807, 2.05) is 0 Å². The Kier molecular flexibility index (Phi) is 2.98. The standard InChI is InChI=1S/C7H11NO3/c1-3-4-7(8,11)5(2)6(9)10/h3,11H,1-2,4,8H2,(H,9,10). The van der Waals surface area contributed by atoms with Gasteiger partial charge >= 0.3 is 5.97 Å². The summed E-state index contributed by atoms with van der Waals surface area (Å²) >= 11 is 0. The zero-order valence-corrected chi connectivity index (χ0v) is 6.08. The van der Waals surface area contributed by atoms with Crippen LogP contribution in [0.1, 0.15) is 6.42 Å². The molecule has 0 bridgehead atoms. The second-order valence-electron chi connectivity index (χ2n) is 2.20. The van der Waals surface area contributed by atoms with Gasteiger partial charge in [0.05, 0.1) is 5.57 Å². The minimum Gasteiger partial charge on any atom is -0.478 e. The Morgan fingerprint density at radius 2 is 2.18 bits per heavy atom. The predicted octanol–water partition coefficient (Wildman–Crippen LogP) is -0.149. The fraction of sp³-hybridized carbons (Fsp3) is 0.286. The van der Waals surface area contributed by atoms with Crippen LogP contribution in [0.4, 0.5) is 0 Å². The summed E-state index contributed by atoms with van der Waals surface area (Å²) in [5.41, 5.74) is 2.86. The molecule has 0 saturated carbocycles. The maximum atomic E-state index is 10.2. The summed E-state index contributed by atoms with van der Waals surface area (Å²) in [6.07, 6.45) is 1.30. The first-order valence-corrected chi connectivity index (χ1v) is 2.96. The molecule has 0 aliphatic rings. The predicted molar refractivity (Wildman–Crippen MR) is 40.7 cm³/mol. The largest absolute Gasteiger partial charge is 0.478 e. The molecule has 0 fully saturated rings. The van der Waals surface area contributed by atoms with E-state index < -0.39 is 17.3 Å². The van der Waals surface area contributed by atoms with Crippen molar-refractivity contribution in [3.8, 4) is 0 Å². The first-order chi connectivity index (χ1) is 4.91. The van der Waals surface area contributed by atoms with Crippen molar-refractivity contribution in [1.29, 1.82) is 0 Å². The Labute approximate surface area is 64.6 Å². The Bertz CT molecular complexity index is 196. The number of aliphatic carboxylic acids is 1. The number of rotatable bonds is 4. The van der Waals surface area contributed by atoms with Crippen LogP contribution in [-0.2, 0) is 4.79 Å². The molecule has 0 heterocycles. The lowest BCUT2D eigenvalue weighted by atomic mass is 10.0.